The Morgan fingerprint density at radius 3 is 2.05 bits per heavy atom. The molecule has 0 bridgehead atoms. The lowest BCUT2D eigenvalue weighted by Gasteiger charge is -2.11. The van der Waals surface area contributed by atoms with Gasteiger partial charge in [0.05, 0.1) is 12.0 Å². The van der Waals surface area contributed by atoms with Crippen molar-refractivity contribution in [2.45, 2.75) is 83.6 Å². The molecule has 3 nitrogen and oxygen atoms in total. The highest BCUT2D eigenvalue weighted by atomic mass is 15.0. The molecule has 1 heterocycles. The van der Waals surface area contributed by atoms with Crippen LogP contribution in [0, 0.1) is 0 Å². The van der Waals surface area contributed by atoms with Crippen LogP contribution < -0.4 is 5.73 Å². The topological polar surface area (TPSA) is 43.8 Å². The van der Waals surface area contributed by atoms with E-state index in [1.54, 1.807) is 0 Å². The van der Waals surface area contributed by atoms with Crippen LogP contribution in [0.4, 0.5) is 0 Å². The largest absolute Gasteiger partial charge is 0.336 e. The zero-order chi connectivity index (χ0) is 14.6. The van der Waals surface area contributed by atoms with Gasteiger partial charge in [0.2, 0.25) is 0 Å². The van der Waals surface area contributed by atoms with Crippen molar-refractivity contribution < 1.29 is 0 Å². The Kier molecular flexibility index (Phi) is 9.38. The first-order chi connectivity index (χ1) is 9.75. The van der Waals surface area contributed by atoms with Crippen molar-refractivity contribution in [2.75, 3.05) is 0 Å². The normalized spacial score (nSPS) is 12.8. The highest BCUT2D eigenvalue weighted by molar-refractivity contribution is 5.03. The lowest BCUT2D eigenvalue weighted by molar-refractivity contribution is 0.519. The maximum Gasteiger partial charge on any atom is 0.0946 e. The van der Waals surface area contributed by atoms with E-state index >= 15 is 0 Å². The van der Waals surface area contributed by atoms with Crippen molar-refractivity contribution in [3.63, 3.8) is 0 Å². The first-order valence-corrected chi connectivity index (χ1v) is 8.47. The number of aromatic nitrogens is 2. The molecule has 2 N–H and O–H groups in total. The summed E-state index contributed by atoms with van der Waals surface area (Å²) in [7, 11) is 2.01. The van der Waals surface area contributed by atoms with Crippen LogP contribution in [-0.4, -0.2) is 9.55 Å². The zero-order valence-corrected chi connectivity index (χ0v) is 13.5. The molecule has 0 spiro atoms. The number of nitrogens with zero attached hydrogens (tertiary/aromatic N) is 2. The van der Waals surface area contributed by atoms with Crippen molar-refractivity contribution in [3.8, 4) is 0 Å². The third kappa shape index (κ3) is 7.09. The summed E-state index contributed by atoms with van der Waals surface area (Å²) in [4.78, 5) is 4.13. The van der Waals surface area contributed by atoms with Crippen LogP contribution in [0.15, 0.2) is 12.5 Å². The van der Waals surface area contributed by atoms with Crippen LogP contribution in [0.5, 0.6) is 0 Å². The van der Waals surface area contributed by atoms with Gasteiger partial charge in [0.25, 0.3) is 0 Å². The summed E-state index contributed by atoms with van der Waals surface area (Å²) in [6.45, 7) is 2.27. The molecule has 116 valence electrons. The lowest BCUT2D eigenvalue weighted by Crippen LogP contribution is -2.13. The van der Waals surface area contributed by atoms with Crippen LogP contribution in [0.25, 0.3) is 0 Å². The van der Waals surface area contributed by atoms with E-state index in [0.717, 1.165) is 12.1 Å². The highest BCUT2D eigenvalue weighted by Crippen LogP contribution is 2.17. The molecule has 0 fully saturated rings. The van der Waals surface area contributed by atoms with Crippen LogP contribution >= 0.6 is 0 Å². The van der Waals surface area contributed by atoms with Gasteiger partial charge in [0, 0.05) is 19.3 Å². The van der Waals surface area contributed by atoms with Crippen molar-refractivity contribution in [3.05, 3.63) is 18.2 Å². The minimum atomic E-state index is 0.150. The summed E-state index contributed by atoms with van der Waals surface area (Å²) < 4.78 is 2.03. The molecule has 1 atom stereocenters. The number of unbranched alkanes of at least 4 members (excludes halogenated alkanes) is 9. The van der Waals surface area contributed by atoms with Gasteiger partial charge in [0.1, 0.15) is 0 Å². The summed E-state index contributed by atoms with van der Waals surface area (Å²) in [5.41, 5.74) is 7.34. The monoisotopic (exact) mass is 279 g/mol. The fourth-order valence-corrected chi connectivity index (χ4v) is 2.72. The Bertz CT molecular complexity index is 333. The molecule has 3 heteroatoms. The van der Waals surface area contributed by atoms with Crippen LogP contribution in [0.1, 0.15) is 89.3 Å². The summed E-state index contributed by atoms with van der Waals surface area (Å²) in [6, 6.07) is 0.150. The van der Waals surface area contributed by atoms with Gasteiger partial charge in [-0.3, -0.25) is 0 Å². The van der Waals surface area contributed by atoms with Gasteiger partial charge in [-0.25, -0.2) is 4.98 Å². The molecule has 0 radical (unpaired) electrons. The minimum Gasteiger partial charge on any atom is -0.336 e. The molecule has 1 unspecified atom stereocenters. The molecule has 0 saturated carbocycles. The Morgan fingerprint density at radius 2 is 1.55 bits per heavy atom. The van der Waals surface area contributed by atoms with Crippen molar-refractivity contribution >= 4 is 0 Å². The van der Waals surface area contributed by atoms with Crippen LogP contribution in [-0.2, 0) is 7.05 Å². The molecular weight excluding hydrogens is 246 g/mol. The minimum absolute atomic E-state index is 0.150. The third-order valence-corrected chi connectivity index (χ3v) is 4.10. The standard InChI is InChI=1S/C17H33N3/c1-3-4-5-6-7-8-9-10-11-12-13-16(18)17-14-19-15-20(17)2/h14-16H,3-13,18H2,1-2H3. The molecule has 0 saturated heterocycles. The second-order valence-corrected chi connectivity index (χ2v) is 6.01. The van der Waals surface area contributed by atoms with E-state index in [2.05, 4.69) is 11.9 Å². The van der Waals surface area contributed by atoms with Gasteiger partial charge in [-0.15, -0.1) is 0 Å². The lowest BCUT2D eigenvalue weighted by atomic mass is 10.0. The number of imidazole rings is 1. The molecule has 0 aliphatic rings. The smallest absolute Gasteiger partial charge is 0.0946 e. The average Bonchev–Trinajstić information content (AvgIpc) is 2.87. The Balaban J connectivity index is 1.91. The molecule has 0 aromatic carbocycles. The molecule has 1 aromatic rings. The summed E-state index contributed by atoms with van der Waals surface area (Å²) in [5.74, 6) is 0. The Morgan fingerprint density at radius 1 is 1.00 bits per heavy atom. The number of nitrogens with two attached hydrogens (primary N) is 1. The van der Waals surface area contributed by atoms with Gasteiger partial charge in [-0.05, 0) is 6.42 Å². The van der Waals surface area contributed by atoms with Gasteiger partial charge in [0.15, 0.2) is 0 Å². The fraction of sp³-hybridized carbons (Fsp3) is 0.824. The first kappa shape index (κ1) is 17.2. The predicted octanol–water partition coefficient (Wildman–Crippen LogP) is 4.73. The maximum absolute atomic E-state index is 6.19. The number of hydrogen-bond acceptors (Lipinski definition) is 2. The molecular formula is C17H33N3. The van der Waals surface area contributed by atoms with Crippen molar-refractivity contribution in [2.24, 2.45) is 12.8 Å². The van der Waals surface area contributed by atoms with E-state index in [4.69, 9.17) is 5.73 Å². The summed E-state index contributed by atoms with van der Waals surface area (Å²) in [5, 5.41) is 0. The van der Waals surface area contributed by atoms with Crippen molar-refractivity contribution in [1.82, 2.24) is 9.55 Å². The fourth-order valence-electron chi connectivity index (χ4n) is 2.72. The van der Waals surface area contributed by atoms with Crippen LogP contribution in [0.3, 0.4) is 0 Å². The Labute approximate surface area is 125 Å². The highest BCUT2D eigenvalue weighted by Gasteiger charge is 2.08. The van der Waals surface area contributed by atoms with Gasteiger partial charge in [-0.1, -0.05) is 71.1 Å². The number of aryl methyl sites for hydroxylation is 1. The molecule has 1 rings (SSSR count). The Hall–Kier alpha value is -0.830. The number of hydrogen-bond donors (Lipinski definition) is 1. The van der Waals surface area contributed by atoms with Crippen molar-refractivity contribution in [1.29, 1.82) is 0 Å². The van der Waals surface area contributed by atoms with Crippen LogP contribution in [0.2, 0.25) is 0 Å². The second-order valence-electron chi connectivity index (χ2n) is 6.01. The van der Waals surface area contributed by atoms with E-state index in [1.165, 1.54) is 64.2 Å². The van der Waals surface area contributed by atoms with Gasteiger partial charge in [-0.2, -0.15) is 0 Å². The SMILES string of the molecule is CCCCCCCCCCCCC(N)c1cncn1C. The van der Waals surface area contributed by atoms with E-state index in [9.17, 15) is 0 Å². The first-order valence-electron chi connectivity index (χ1n) is 8.47. The average molecular weight is 279 g/mol. The molecule has 0 aliphatic heterocycles. The predicted molar refractivity (Wildman–Crippen MR) is 86.6 cm³/mol. The molecule has 0 aliphatic carbocycles. The number of rotatable bonds is 12. The van der Waals surface area contributed by atoms with Gasteiger partial charge < -0.3 is 10.3 Å². The van der Waals surface area contributed by atoms with E-state index < -0.39 is 0 Å². The van der Waals surface area contributed by atoms with E-state index in [-0.39, 0.29) is 6.04 Å². The van der Waals surface area contributed by atoms with E-state index in [0.29, 0.717) is 0 Å². The molecule has 1 aromatic heterocycles. The summed E-state index contributed by atoms with van der Waals surface area (Å²) in [6.07, 6.45) is 18.6. The molecule has 20 heavy (non-hydrogen) atoms. The zero-order valence-electron chi connectivity index (χ0n) is 13.5. The third-order valence-electron chi connectivity index (χ3n) is 4.10. The molecule has 0 amide bonds. The van der Waals surface area contributed by atoms with Gasteiger partial charge >= 0.3 is 0 Å². The quantitative estimate of drug-likeness (QED) is 0.562. The summed E-state index contributed by atoms with van der Waals surface area (Å²) >= 11 is 0. The van der Waals surface area contributed by atoms with E-state index in [1.807, 2.05) is 24.1 Å². The maximum atomic E-state index is 6.19. The second kappa shape index (κ2) is 10.9.